The molecule has 78 valence electrons. The molecule has 0 aliphatic heterocycles. The molecule has 1 aromatic carbocycles. The molecule has 0 aliphatic carbocycles. The zero-order chi connectivity index (χ0) is 10.7. The summed E-state index contributed by atoms with van der Waals surface area (Å²) in [4.78, 5) is 2.16. The third-order valence-electron chi connectivity index (χ3n) is 2.33. The van der Waals surface area contributed by atoms with Crippen molar-refractivity contribution in [2.45, 2.75) is 19.4 Å². The summed E-state index contributed by atoms with van der Waals surface area (Å²) in [6.07, 6.45) is 1.04. The van der Waals surface area contributed by atoms with E-state index in [1.807, 2.05) is 12.1 Å². The molecule has 0 heterocycles. The number of rotatable bonds is 3. The zero-order valence-corrected chi connectivity index (χ0v) is 10.2. The molecule has 0 fully saturated rings. The van der Waals surface area contributed by atoms with Crippen molar-refractivity contribution in [1.29, 1.82) is 0 Å². The van der Waals surface area contributed by atoms with Crippen LogP contribution in [0.3, 0.4) is 0 Å². The van der Waals surface area contributed by atoms with Crippen LogP contribution in [0.4, 0.5) is 0 Å². The van der Waals surface area contributed by atoms with E-state index in [1.165, 1.54) is 0 Å². The molecule has 1 unspecified atom stereocenters. The van der Waals surface area contributed by atoms with E-state index in [0.717, 1.165) is 17.0 Å². The molecule has 0 amide bonds. The minimum atomic E-state index is 0.361. The molecule has 1 atom stereocenters. The molecule has 0 saturated carbocycles. The van der Waals surface area contributed by atoms with E-state index in [4.69, 9.17) is 23.2 Å². The third kappa shape index (κ3) is 2.63. The van der Waals surface area contributed by atoms with Gasteiger partial charge in [-0.15, -0.1) is 0 Å². The van der Waals surface area contributed by atoms with Gasteiger partial charge in [-0.05, 0) is 38.2 Å². The lowest BCUT2D eigenvalue weighted by Crippen LogP contribution is -2.19. The smallest absolute Gasteiger partial charge is 0.0468 e. The lowest BCUT2D eigenvalue weighted by Gasteiger charge is -2.24. The number of benzene rings is 1. The predicted octanol–water partition coefficient (Wildman–Crippen LogP) is 4.01. The van der Waals surface area contributed by atoms with Gasteiger partial charge in [0.05, 0.1) is 0 Å². The first-order chi connectivity index (χ1) is 6.56. The van der Waals surface area contributed by atoms with Gasteiger partial charge in [-0.1, -0.05) is 36.2 Å². The minimum absolute atomic E-state index is 0.361. The maximum absolute atomic E-state index is 6.14. The van der Waals surface area contributed by atoms with E-state index in [1.54, 1.807) is 6.07 Å². The maximum Gasteiger partial charge on any atom is 0.0468 e. The molecule has 0 aromatic heterocycles. The minimum Gasteiger partial charge on any atom is -0.302 e. The van der Waals surface area contributed by atoms with E-state index in [0.29, 0.717) is 11.1 Å². The Bertz CT molecular complexity index is 310. The fourth-order valence-corrected chi connectivity index (χ4v) is 2.17. The SMILES string of the molecule is CCC(c1ccc(Cl)cc1Cl)N(C)C. The number of hydrogen-bond donors (Lipinski definition) is 0. The average molecular weight is 232 g/mol. The van der Waals surface area contributed by atoms with Gasteiger partial charge in [0.15, 0.2) is 0 Å². The van der Waals surface area contributed by atoms with Crippen molar-refractivity contribution in [3.8, 4) is 0 Å². The number of nitrogens with zero attached hydrogens (tertiary/aromatic N) is 1. The molecule has 0 saturated heterocycles. The number of hydrogen-bond acceptors (Lipinski definition) is 1. The first-order valence-electron chi connectivity index (χ1n) is 4.67. The second kappa shape index (κ2) is 5.01. The Labute approximate surface area is 95.6 Å². The van der Waals surface area contributed by atoms with Crippen molar-refractivity contribution in [3.63, 3.8) is 0 Å². The molecule has 0 aliphatic rings. The zero-order valence-electron chi connectivity index (χ0n) is 8.72. The summed E-state index contributed by atoms with van der Waals surface area (Å²) >= 11 is 12.0. The van der Waals surface area contributed by atoms with Gasteiger partial charge in [0, 0.05) is 16.1 Å². The van der Waals surface area contributed by atoms with Crippen molar-refractivity contribution in [2.24, 2.45) is 0 Å². The van der Waals surface area contributed by atoms with Crippen molar-refractivity contribution < 1.29 is 0 Å². The van der Waals surface area contributed by atoms with Gasteiger partial charge in [-0.25, -0.2) is 0 Å². The van der Waals surface area contributed by atoms with E-state index in [2.05, 4.69) is 25.9 Å². The second-order valence-electron chi connectivity index (χ2n) is 3.55. The predicted molar refractivity (Wildman–Crippen MR) is 63.2 cm³/mol. The van der Waals surface area contributed by atoms with Crippen LogP contribution in [0, 0.1) is 0 Å². The van der Waals surface area contributed by atoms with Gasteiger partial charge in [0.2, 0.25) is 0 Å². The molecule has 1 nitrogen and oxygen atoms in total. The summed E-state index contributed by atoms with van der Waals surface area (Å²) in [5.41, 5.74) is 1.14. The quantitative estimate of drug-likeness (QED) is 0.761. The molecule has 3 heteroatoms. The van der Waals surface area contributed by atoms with Crippen LogP contribution >= 0.6 is 23.2 Å². The van der Waals surface area contributed by atoms with Crippen LogP contribution in [0.5, 0.6) is 0 Å². The first kappa shape index (κ1) is 11.8. The van der Waals surface area contributed by atoms with E-state index >= 15 is 0 Å². The summed E-state index contributed by atoms with van der Waals surface area (Å²) in [6, 6.07) is 6.04. The standard InChI is InChI=1S/C11H15Cl2N/c1-4-11(14(2)3)9-6-5-8(12)7-10(9)13/h5-7,11H,4H2,1-3H3. The van der Waals surface area contributed by atoms with Gasteiger partial charge >= 0.3 is 0 Å². The van der Waals surface area contributed by atoms with E-state index in [9.17, 15) is 0 Å². The van der Waals surface area contributed by atoms with Crippen LogP contribution in [0.2, 0.25) is 10.0 Å². The molecule has 0 radical (unpaired) electrons. The van der Waals surface area contributed by atoms with Crippen molar-refractivity contribution >= 4 is 23.2 Å². The van der Waals surface area contributed by atoms with Crippen molar-refractivity contribution in [1.82, 2.24) is 4.90 Å². The molecule has 1 aromatic rings. The molecule has 0 N–H and O–H groups in total. The molecular formula is C11H15Cl2N. The highest BCUT2D eigenvalue weighted by Gasteiger charge is 2.14. The fourth-order valence-electron chi connectivity index (χ4n) is 1.63. The van der Waals surface area contributed by atoms with E-state index < -0.39 is 0 Å². The van der Waals surface area contributed by atoms with Crippen molar-refractivity contribution in [2.75, 3.05) is 14.1 Å². The Balaban J connectivity index is 3.04. The van der Waals surface area contributed by atoms with Gasteiger partial charge in [0.1, 0.15) is 0 Å². The Morgan fingerprint density at radius 2 is 1.93 bits per heavy atom. The third-order valence-corrected chi connectivity index (χ3v) is 2.89. The van der Waals surface area contributed by atoms with Gasteiger partial charge in [-0.2, -0.15) is 0 Å². The van der Waals surface area contributed by atoms with Crippen LogP contribution in [-0.4, -0.2) is 19.0 Å². The monoisotopic (exact) mass is 231 g/mol. The second-order valence-corrected chi connectivity index (χ2v) is 4.40. The lowest BCUT2D eigenvalue weighted by atomic mass is 10.0. The van der Waals surface area contributed by atoms with Crippen LogP contribution in [0.15, 0.2) is 18.2 Å². The topological polar surface area (TPSA) is 3.24 Å². The largest absolute Gasteiger partial charge is 0.302 e. The summed E-state index contributed by atoms with van der Waals surface area (Å²) in [6.45, 7) is 2.15. The van der Waals surface area contributed by atoms with Crippen LogP contribution in [-0.2, 0) is 0 Å². The molecular weight excluding hydrogens is 217 g/mol. The van der Waals surface area contributed by atoms with Gasteiger partial charge in [-0.3, -0.25) is 0 Å². The Kier molecular flexibility index (Phi) is 4.24. The van der Waals surface area contributed by atoms with Crippen LogP contribution in [0.1, 0.15) is 24.9 Å². The fraction of sp³-hybridized carbons (Fsp3) is 0.455. The number of halogens is 2. The average Bonchev–Trinajstić information content (AvgIpc) is 2.09. The Morgan fingerprint density at radius 1 is 1.29 bits per heavy atom. The van der Waals surface area contributed by atoms with Gasteiger partial charge < -0.3 is 4.90 Å². The molecule has 0 bridgehead atoms. The van der Waals surface area contributed by atoms with Gasteiger partial charge in [0.25, 0.3) is 0 Å². The summed E-state index contributed by atoms with van der Waals surface area (Å²) in [7, 11) is 4.11. The summed E-state index contributed by atoms with van der Waals surface area (Å²) in [5, 5.41) is 1.44. The highest BCUT2D eigenvalue weighted by molar-refractivity contribution is 6.35. The van der Waals surface area contributed by atoms with E-state index in [-0.39, 0.29) is 0 Å². The molecule has 1 rings (SSSR count). The first-order valence-corrected chi connectivity index (χ1v) is 5.43. The van der Waals surface area contributed by atoms with Crippen LogP contribution in [0.25, 0.3) is 0 Å². The summed E-state index contributed by atoms with van der Waals surface area (Å²) < 4.78 is 0. The van der Waals surface area contributed by atoms with Crippen molar-refractivity contribution in [3.05, 3.63) is 33.8 Å². The lowest BCUT2D eigenvalue weighted by molar-refractivity contribution is 0.292. The van der Waals surface area contributed by atoms with Crippen LogP contribution < -0.4 is 0 Å². The Morgan fingerprint density at radius 3 is 2.36 bits per heavy atom. The maximum atomic E-state index is 6.14. The Hall–Kier alpha value is -0.240. The normalized spacial score (nSPS) is 13.3. The summed E-state index contributed by atoms with van der Waals surface area (Å²) in [5.74, 6) is 0. The highest BCUT2D eigenvalue weighted by Crippen LogP contribution is 2.30. The highest BCUT2D eigenvalue weighted by atomic mass is 35.5. The molecule has 0 spiro atoms. The molecule has 14 heavy (non-hydrogen) atoms.